The summed E-state index contributed by atoms with van der Waals surface area (Å²) in [6.45, 7) is 12.0. The second-order valence-electron chi connectivity index (χ2n) is 2.93. The summed E-state index contributed by atoms with van der Waals surface area (Å²) in [5.74, 6) is 0.737. The minimum absolute atomic E-state index is 0.737. The Labute approximate surface area is 64.6 Å². The van der Waals surface area contributed by atoms with Crippen molar-refractivity contribution in [1.29, 1.82) is 0 Å². The smallest absolute Gasteiger partial charge is 0.0125 e. The lowest BCUT2D eigenvalue weighted by atomic mass is 10.2. The van der Waals surface area contributed by atoms with Crippen LogP contribution in [0.4, 0.5) is 0 Å². The second-order valence-corrected chi connectivity index (χ2v) is 2.93. The summed E-state index contributed by atoms with van der Waals surface area (Å²) < 4.78 is 0. The number of hydrogen-bond donors (Lipinski definition) is 1. The maximum atomic E-state index is 3.35. The molecule has 0 bridgehead atoms. The molecule has 0 aliphatic carbocycles. The van der Waals surface area contributed by atoms with Crippen LogP contribution in [0.2, 0.25) is 0 Å². The lowest BCUT2D eigenvalue weighted by Gasteiger charge is -2.20. The van der Waals surface area contributed by atoms with Gasteiger partial charge in [-0.05, 0) is 5.92 Å². The molecule has 0 fully saturated rings. The van der Waals surface area contributed by atoms with Crippen molar-refractivity contribution in [3.63, 3.8) is 0 Å². The summed E-state index contributed by atoms with van der Waals surface area (Å²) in [6.07, 6.45) is 0. The van der Waals surface area contributed by atoms with E-state index in [1.807, 2.05) is 0 Å². The molecular weight excluding hydrogens is 124 g/mol. The standard InChI is InChI=1S/C8H20N2/c1-5-10(6-2)9-7-8(3)4/h8-9H,5-7H2,1-4H3. The molecule has 1 N–H and O–H groups in total. The van der Waals surface area contributed by atoms with Crippen molar-refractivity contribution in [2.24, 2.45) is 5.92 Å². The van der Waals surface area contributed by atoms with Gasteiger partial charge in [-0.25, -0.2) is 5.01 Å². The topological polar surface area (TPSA) is 15.3 Å². The van der Waals surface area contributed by atoms with Gasteiger partial charge in [-0.1, -0.05) is 27.7 Å². The minimum atomic E-state index is 0.737. The van der Waals surface area contributed by atoms with E-state index in [1.54, 1.807) is 0 Å². The first-order valence-corrected chi connectivity index (χ1v) is 4.19. The largest absolute Gasteiger partial charge is 0.255 e. The third kappa shape index (κ3) is 4.77. The summed E-state index contributed by atoms with van der Waals surface area (Å²) in [5.41, 5.74) is 3.35. The Morgan fingerprint density at radius 1 is 1.20 bits per heavy atom. The average Bonchev–Trinajstić information content (AvgIpc) is 1.90. The van der Waals surface area contributed by atoms with Gasteiger partial charge in [0.25, 0.3) is 0 Å². The predicted octanol–water partition coefficient (Wildman–Crippen LogP) is 1.49. The molecule has 0 amide bonds. The highest BCUT2D eigenvalue weighted by atomic mass is 15.5. The maximum Gasteiger partial charge on any atom is 0.0125 e. The second kappa shape index (κ2) is 5.69. The van der Waals surface area contributed by atoms with Gasteiger partial charge in [0.2, 0.25) is 0 Å². The van der Waals surface area contributed by atoms with Gasteiger partial charge >= 0.3 is 0 Å². The van der Waals surface area contributed by atoms with Crippen molar-refractivity contribution in [2.45, 2.75) is 27.7 Å². The fourth-order valence-corrected chi connectivity index (χ4v) is 0.759. The maximum absolute atomic E-state index is 3.35. The highest BCUT2D eigenvalue weighted by molar-refractivity contribution is 4.49. The first kappa shape index (κ1) is 9.92. The molecule has 0 saturated carbocycles. The van der Waals surface area contributed by atoms with Gasteiger partial charge in [-0.15, -0.1) is 0 Å². The highest BCUT2D eigenvalue weighted by Crippen LogP contribution is 1.88. The molecule has 0 rings (SSSR count). The van der Waals surface area contributed by atoms with Crippen molar-refractivity contribution >= 4 is 0 Å². The molecule has 2 nitrogen and oxygen atoms in total. The third-order valence-electron chi connectivity index (χ3n) is 1.49. The zero-order valence-electron chi connectivity index (χ0n) is 7.65. The van der Waals surface area contributed by atoms with Crippen LogP contribution in [0.3, 0.4) is 0 Å². The molecule has 0 aromatic carbocycles. The van der Waals surface area contributed by atoms with Crippen LogP contribution in [-0.4, -0.2) is 24.6 Å². The van der Waals surface area contributed by atoms with Gasteiger partial charge in [0, 0.05) is 19.6 Å². The highest BCUT2D eigenvalue weighted by Gasteiger charge is 1.97. The number of hydrogen-bond acceptors (Lipinski definition) is 2. The summed E-state index contributed by atoms with van der Waals surface area (Å²) in [4.78, 5) is 0. The Kier molecular flexibility index (Phi) is 5.64. The Bertz CT molecular complexity index is 67.7. The fraction of sp³-hybridized carbons (Fsp3) is 1.00. The van der Waals surface area contributed by atoms with E-state index in [0.29, 0.717) is 0 Å². The van der Waals surface area contributed by atoms with E-state index < -0.39 is 0 Å². The van der Waals surface area contributed by atoms with Gasteiger partial charge in [-0.2, -0.15) is 0 Å². The average molecular weight is 144 g/mol. The van der Waals surface area contributed by atoms with Crippen LogP contribution < -0.4 is 5.43 Å². The molecule has 2 heteroatoms. The molecule has 0 saturated heterocycles. The first-order chi connectivity index (χ1) is 4.70. The molecule has 0 aromatic heterocycles. The van der Waals surface area contributed by atoms with E-state index in [9.17, 15) is 0 Å². The quantitative estimate of drug-likeness (QED) is 0.588. The molecule has 0 radical (unpaired) electrons. The van der Waals surface area contributed by atoms with Gasteiger partial charge < -0.3 is 0 Å². The number of nitrogens with one attached hydrogen (secondary N) is 1. The van der Waals surface area contributed by atoms with Crippen molar-refractivity contribution in [3.05, 3.63) is 0 Å². The van der Waals surface area contributed by atoms with E-state index in [2.05, 4.69) is 38.1 Å². The molecule has 0 spiro atoms. The van der Waals surface area contributed by atoms with Crippen LogP contribution in [0.5, 0.6) is 0 Å². The number of nitrogens with zero attached hydrogens (tertiary/aromatic N) is 1. The monoisotopic (exact) mass is 144 g/mol. The van der Waals surface area contributed by atoms with E-state index >= 15 is 0 Å². The van der Waals surface area contributed by atoms with E-state index in [1.165, 1.54) is 0 Å². The lowest BCUT2D eigenvalue weighted by molar-refractivity contribution is 0.198. The molecule has 0 aliphatic heterocycles. The van der Waals surface area contributed by atoms with Crippen LogP contribution in [0.1, 0.15) is 27.7 Å². The van der Waals surface area contributed by atoms with Crippen LogP contribution >= 0.6 is 0 Å². The Hall–Kier alpha value is -0.0800. The molecule has 0 aliphatic rings. The van der Waals surface area contributed by atoms with Crippen molar-refractivity contribution in [3.8, 4) is 0 Å². The van der Waals surface area contributed by atoms with E-state index in [4.69, 9.17) is 0 Å². The van der Waals surface area contributed by atoms with Crippen LogP contribution in [0.25, 0.3) is 0 Å². The predicted molar refractivity (Wildman–Crippen MR) is 45.8 cm³/mol. The Morgan fingerprint density at radius 2 is 1.70 bits per heavy atom. The van der Waals surface area contributed by atoms with Gasteiger partial charge in [0.05, 0.1) is 0 Å². The first-order valence-electron chi connectivity index (χ1n) is 4.19. The zero-order valence-corrected chi connectivity index (χ0v) is 7.65. The van der Waals surface area contributed by atoms with Crippen molar-refractivity contribution in [2.75, 3.05) is 19.6 Å². The van der Waals surface area contributed by atoms with E-state index in [-0.39, 0.29) is 0 Å². The summed E-state index contributed by atoms with van der Waals surface area (Å²) in [6, 6.07) is 0. The normalized spacial score (nSPS) is 11.4. The molecule has 0 unspecified atom stereocenters. The van der Waals surface area contributed by atoms with Gasteiger partial charge in [0.1, 0.15) is 0 Å². The summed E-state index contributed by atoms with van der Waals surface area (Å²) in [5, 5.41) is 2.22. The zero-order chi connectivity index (χ0) is 7.98. The Balaban J connectivity index is 3.26. The van der Waals surface area contributed by atoms with Crippen LogP contribution in [0.15, 0.2) is 0 Å². The minimum Gasteiger partial charge on any atom is -0.255 e. The Morgan fingerprint density at radius 3 is 2.00 bits per heavy atom. The SMILES string of the molecule is CCN(CC)NCC(C)C. The number of rotatable bonds is 5. The third-order valence-corrected chi connectivity index (χ3v) is 1.49. The van der Waals surface area contributed by atoms with Crippen LogP contribution in [-0.2, 0) is 0 Å². The number of hydrazine groups is 1. The molecule has 0 heterocycles. The fourth-order valence-electron chi connectivity index (χ4n) is 0.759. The lowest BCUT2D eigenvalue weighted by Crippen LogP contribution is -2.39. The molecule has 0 aromatic rings. The molecule has 0 atom stereocenters. The molecule has 10 heavy (non-hydrogen) atoms. The van der Waals surface area contributed by atoms with Gasteiger partial charge in [0.15, 0.2) is 0 Å². The summed E-state index contributed by atoms with van der Waals surface area (Å²) in [7, 11) is 0. The van der Waals surface area contributed by atoms with Gasteiger partial charge in [-0.3, -0.25) is 5.43 Å². The molecule has 62 valence electrons. The van der Waals surface area contributed by atoms with Crippen molar-refractivity contribution < 1.29 is 0 Å². The summed E-state index contributed by atoms with van der Waals surface area (Å²) >= 11 is 0. The van der Waals surface area contributed by atoms with Crippen LogP contribution in [0, 0.1) is 5.92 Å². The van der Waals surface area contributed by atoms with Crippen molar-refractivity contribution in [1.82, 2.24) is 10.4 Å². The van der Waals surface area contributed by atoms with E-state index in [0.717, 1.165) is 25.6 Å². The molecular formula is C8H20N2.